The fourth-order valence-electron chi connectivity index (χ4n) is 1.99. The van der Waals surface area contributed by atoms with Gasteiger partial charge in [-0.1, -0.05) is 28.1 Å². The van der Waals surface area contributed by atoms with Crippen molar-refractivity contribution in [3.8, 4) is 0 Å². The van der Waals surface area contributed by atoms with E-state index in [4.69, 9.17) is 0 Å². The molecular formula is C11H14BrN3O2. The fourth-order valence-corrected chi connectivity index (χ4v) is 2.50. The highest BCUT2D eigenvalue weighted by Gasteiger charge is 2.22. The van der Waals surface area contributed by atoms with Gasteiger partial charge >= 0.3 is 0 Å². The number of nitro benzene ring substituents is 1. The van der Waals surface area contributed by atoms with Gasteiger partial charge in [-0.05, 0) is 6.07 Å². The van der Waals surface area contributed by atoms with E-state index in [0.29, 0.717) is 0 Å². The first kappa shape index (κ1) is 12.3. The van der Waals surface area contributed by atoms with E-state index in [-0.39, 0.29) is 10.6 Å². The average Bonchev–Trinajstić information content (AvgIpc) is 2.39. The van der Waals surface area contributed by atoms with Crippen LogP contribution in [0.15, 0.2) is 24.3 Å². The van der Waals surface area contributed by atoms with E-state index in [1.165, 1.54) is 0 Å². The van der Waals surface area contributed by atoms with Crippen LogP contribution in [0.4, 0.5) is 11.4 Å². The Labute approximate surface area is 108 Å². The third-order valence-corrected chi connectivity index (χ3v) is 3.67. The van der Waals surface area contributed by atoms with Crippen LogP contribution >= 0.6 is 15.9 Å². The van der Waals surface area contributed by atoms with Gasteiger partial charge < -0.3 is 4.90 Å². The van der Waals surface area contributed by atoms with Gasteiger partial charge in [0.05, 0.1) is 10.4 Å². The molecule has 0 radical (unpaired) electrons. The van der Waals surface area contributed by atoms with Gasteiger partial charge in [-0.25, -0.2) is 0 Å². The zero-order valence-corrected chi connectivity index (χ0v) is 11.0. The van der Waals surface area contributed by atoms with Gasteiger partial charge in [-0.2, -0.15) is 0 Å². The van der Waals surface area contributed by atoms with Gasteiger partial charge in [0, 0.05) is 32.2 Å². The predicted molar refractivity (Wildman–Crippen MR) is 70.7 cm³/mol. The number of benzene rings is 1. The second kappa shape index (κ2) is 5.46. The number of alkyl halides is 1. The fraction of sp³-hybridized carbons (Fsp3) is 0.455. The molecule has 0 amide bonds. The standard InChI is InChI=1S/C11H14BrN3O2/c12-9-13-5-7-14(8-6-13)10-3-1-2-4-11(10)15(16)17/h1-4H,5-9H2. The SMILES string of the molecule is O=[N+]([O-])c1ccccc1N1CCN(CBr)CC1. The molecule has 2 rings (SSSR count). The molecule has 1 aromatic rings. The Balaban J connectivity index is 2.15. The third kappa shape index (κ3) is 2.76. The topological polar surface area (TPSA) is 49.6 Å². The molecule has 0 bridgehead atoms. The largest absolute Gasteiger partial charge is 0.363 e. The Morgan fingerprint density at radius 3 is 2.47 bits per heavy atom. The normalized spacial score (nSPS) is 17.1. The van der Waals surface area contributed by atoms with Crippen LogP contribution in [0.5, 0.6) is 0 Å². The molecular weight excluding hydrogens is 286 g/mol. The van der Waals surface area contributed by atoms with Crippen LogP contribution in [0.25, 0.3) is 0 Å². The lowest BCUT2D eigenvalue weighted by Crippen LogP contribution is -2.45. The Hall–Kier alpha value is -1.14. The Morgan fingerprint density at radius 2 is 1.88 bits per heavy atom. The summed E-state index contributed by atoms with van der Waals surface area (Å²) in [4.78, 5) is 15.0. The molecule has 0 spiro atoms. The van der Waals surface area contributed by atoms with Gasteiger partial charge in [-0.3, -0.25) is 15.0 Å². The second-order valence-electron chi connectivity index (χ2n) is 3.97. The maximum absolute atomic E-state index is 10.9. The molecule has 1 aliphatic heterocycles. The molecule has 0 N–H and O–H groups in total. The van der Waals surface area contributed by atoms with Gasteiger partial charge in [0.15, 0.2) is 0 Å². The summed E-state index contributed by atoms with van der Waals surface area (Å²) in [5.74, 6) is 0. The lowest BCUT2D eigenvalue weighted by atomic mass is 10.2. The molecule has 6 heteroatoms. The van der Waals surface area contributed by atoms with Gasteiger partial charge in [0.2, 0.25) is 0 Å². The van der Waals surface area contributed by atoms with E-state index < -0.39 is 0 Å². The summed E-state index contributed by atoms with van der Waals surface area (Å²) in [5, 5.41) is 10.9. The zero-order valence-electron chi connectivity index (χ0n) is 9.38. The van der Waals surface area contributed by atoms with Gasteiger partial charge in [0.25, 0.3) is 5.69 Å². The Morgan fingerprint density at radius 1 is 1.24 bits per heavy atom. The number of para-hydroxylation sites is 2. The number of hydrogen-bond donors (Lipinski definition) is 0. The number of anilines is 1. The Bertz CT molecular complexity index is 405. The third-order valence-electron chi connectivity index (χ3n) is 2.96. The summed E-state index contributed by atoms with van der Waals surface area (Å²) >= 11 is 3.42. The van der Waals surface area contributed by atoms with E-state index in [9.17, 15) is 10.1 Å². The van der Waals surface area contributed by atoms with Crippen molar-refractivity contribution in [2.24, 2.45) is 0 Å². The van der Waals surface area contributed by atoms with E-state index >= 15 is 0 Å². The van der Waals surface area contributed by atoms with Crippen LogP contribution in [0.1, 0.15) is 0 Å². The average molecular weight is 300 g/mol. The van der Waals surface area contributed by atoms with Crippen molar-refractivity contribution in [2.75, 3.05) is 36.5 Å². The lowest BCUT2D eigenvalue weighted by Gasteiger charge is -2.34. The molecule has 1 heterocycles. The molecule has 17 heavy (non-hydrogen) atoms. The maximum atomic E-state index is 10.9. The van der Waals surface area contributed by atoms with Gasteiger partial charge in [-0.15, -0.1) is 0 Å². The number of rotatable bonds is 3. The highest BCUT2D eigenvalue weighted by Crippen LogP contribution is 2.28. The number of nitrogens with zero attached hydrogens (tertiary/aromatic N) is 3. The van der Waals surface area contributed by atoms with Crippen molar-refractivity contribution in [1.29, 1.82) is 0 Å². The van der Waals surface area contributed by atoms with Gasteiger partial charge in [0.1, 0.15) is 5.69 Å². The minimum Gasteiger partial charge on any atom is -0.363 e. The number of hydrogen-bond acceptors (Lipinski definition) is 4. The first-order valence-electron chi connectivity index (χ1n) is 5.49. The number of halogens is 1. The second-order valence-corrected chi connectivity index (χ2v) is 4.47. The lowest BCUT2D eigenvalue weighted by molar-refractivity contribution is -0.384. The molecule has 1 aromatic carbocycles. The van der Waals surface area contributed by atoms with Crippen molar-refractivity contribution < 1.29 is 4.92 Å². The highest BCUT2D eigenvalue weighted by molar-refractivity contribution is 9.09. The molecule has 0 atom stereocenters. The molecule has 1 fully saturated rings. The van der Waals surface area contributed by atoms with Crippen LogP contribution in [0.3, 0.4) is 0 Å². The molecule has 92 valence electrons. The predicted octanol–water partition coefficient (Wildman–Crippen LogP) is 2.07. The van der Waals surface area contributed by atoms with Crippen LogP contribution in [0, 0.1) is 10.1 Å². The molecule has 1 aliphatic rings. The Kier molecular flexibility index (Phi) is 3.96. The minimum atomic E-state index is -0.313. The summed E-state index contributed by atoms with van der Waals surface area (Å²) in [6.07, 6.45) is 0. The van der Waals surface area contributed by atoms with Crippen LogP contribution in [-0.2, 0) is 0 Å². The summed E-state index contributed by atoms with van der Waals surface area (Å²) < 4.78 is 0. The summed E-state index contributed by atoms with van der Waals surface area (Å²) in [6, 6.07) is 6.93. The monoisotopic (exact) mass is 299 g/mol. The minimum absolute atomic E-state index is 0.194. The van der Waals surface area contributed by atoms with E-state index in [2.05, 4.69) is 25.7 Å². The van der Waals surface area contributed by atoms with Crippen LogP contribution in [0.2, 0.25) is 0 Å². The zero-order chi connectivity index (χ0) is 12.3. The summed E-state index contributed by atoms with van der Waals surface area (Å²) in [7, 11) is 0. The van der Waals surface area contributed by atoms with E-state index in [1.807, 2.05) is 12.1 Å². The van der Waals surface area contributed by atoms with Crippen LogP contribution < -0.4 is 4.90 Å². The van der Waals surface area contributed by atoms with Crippen LogP contribution in [-0.4, -0.2) is 41.5 Å². The van der Waals surface area contributed by atoms with E-state index in [1.54, 1.807) is 12.1 Å². The molecule has 1 saturated heterocycles. The van der Waals surface area contributed by atoms with Crippen molar-refractivity contribution in [3.63, 3.8) is 0 Å². The quantitative estimate of drug-likeness (QED) is 0.371. The number of nitro groups is 1. The molecule has 0 saturated carbocycles. The first-order valence-corrected chi connectivity index (χ1v) is 6.61. The van der Waals surface area contributed by atoms with Crippen molar-refractivity contribution in [2.45, 2.75) is 0 Å². The van der Waals surface area contributed by atoms with Crippen molar-refractivity contribution in [3.05, 3.63) is 34.4 Å². The maximum Gasteiger partial charge on any atom is 0.292 e. The number of piperazine rings is 1. The summed E-state index contributed by atoms with van der Waals surface area (Å²) in [6.45, 7) is 3.52. The highest BCUT2D eigenvalue weighted by atomic mass is 79.9. The molecule has 0 aliphatic carbocycles. The van der Waals surface area contributed by atoms with Crippen molar-refractivity contribution in [1.82, 2.24) is 4.90 Å². The smallest absolute Gasteiger partial charge is 0.292 e. The summed E-state index contributed by atoms with van der Waals surface area (Å²) in [5.41, 5.74) is 1.78. The van der Waals surface area contributed by atoms with Crippen molar-refractivity contribution >= 4 is 27.3 Å². The molecule has 5 nitrogen and oxygen atoms in total. The molecule has 0 aromatic heterocycles. The first-order chi connectivity index (χ1) is 8.22. The van der Waals surface area contributed by atoms with E-state index in [0.717, 1.165) is 37.3 Å². The molecule has 0 unspecified atom stereocenters.